The van der Waals surface area contributed by atoms with Gasteiger partial charge in [-0.05, 0) is 56.9 Å². The zero-order chi connectivity index (χ0) is 19.1. The average molecular weight is 361 g/mol. The largest absolute Gasteiger partial charge is 0.493 e. The van der Waals surface area contributed by atoms with Crippen LogP contribution in [0.4, 0.5) is 0 Å². The Morgan fingerprint density at radius 1 is 1.15 bits per heavy atom. The zero-order valence-corrected chi connectivity index (χ0v) is 15.9. The molecule has 2 atom stereocenters. The molecular formula is C20H27NO5. The fourth-order valence-electron chi connectivity index (χ4n) is 3.27. The number of benzene rings is 1. The van der Waals surface area contributed by atoms with Crippen LogP contribution in [0.15, 0.2) is 24.3 Å². The van der Waals surface area contributed by atoms with E-state index < -0.39 is 5.97 Å². The van der Waals surface area contributed by atoms with Crippen LogP contribution in [0.25, 0.3) is 6.08 Å². The molecular weight excluding hydrogens is 334 g/mol. The summed E-state index contributed by atoms with van der Waals surface area (Å²) in [7, 11) is 2.86. The van der Waals surface area contributed by atoms with Crippen molar-refractivity contribution in [2.24, 2.45) is 0 Å². The van der Waals surface area contributed by atoms with Crippen molar-refractivity contribution >= 4 is 18.0 Å². The van der Waals surface area contributed by atoms with E-state index in [0.29, 0.717) is 11.5 Å². The van der Waals surface area contributed by atoms with Crippen LogP contribution in [0.3, 0.4) is 0 Å². The smallest absolute Gasteiger partial charge is 0.330 e. The number of rotatable bonds is 6. The molecule has 0 aromatic heterocycles. The van der Waals surface area contributed by atoms with Gasteiger partial charge in [-0.1, -0.05) is 6.07 Å². The molecule has 1 saturated heterocycles. The number of methoxy groups -OCH3 is 2. The summed E-state index contributed by atoms with van der Waals surface area (Å²) < 4.78 is 15.6. The van der Waals surface area contributed by atoms with Gasteiger partial charge in [0.2, 0.25) is 0 Å². The second-order valence-corrected chi connectivity index (χ2v) is 6.49. The molecule has 1 aliphatic rings. The number of likely N-dealkylation sites (tertiary alicyclic amines) is 1. The molecule has 6 nitrogen and oxygen atoms in total. The molecule has 6 heteroatoms. The monoisotopic (exact) mass is 361 g/mol. The first-order valence-corrected chi connectivity index (χ1v) is 8.84. The second-order valence-electron chi connectivity index (χ2n) is 6.49. The van der Waals surface area contributed by atoms with Crippen molar-refractivity contribution in [2.75, 3.05) is 20.8 Å². The summed E-state index contributed by atoms with van der Waals surface area (Å²) in [6.45, 7) is 4.13. The van der Waals surface area contributed by atoms with Crippen molar-refractivity contribution in [3.05, 3.63) is 29.8 Å². The van der Waals surface area contributed by atoms with Crippen LogP contribution in [0, 0.1) is 0 Å². The number of carbonyl (C=O) groups excluding carboxylic acids is 2. The van der Waals surface area contributed by atoms with E-state index in [1.165, 1.54) is 20.3 Å². The van der Waals surface area contributed by atoms with Crippen LogP contribution in [0.5, 0.6) is 11.5 Å². The molecule has 142 valence electrons. The van der Waals surface area contributed by atoms with Gasteiger partial charge in [-0.15, -0.1) is 0 Å². The highest BCUT2D eigenvalue weighted by Crippen LogP contribution is 2.29. The minimum Gasteiger partial charge on any atom is -0.493 e. The Balaban J connectivity index is 2.03. The Kier molecular flexibility index (Phi) is 7.06. The number of esters is 1. The van der Waals surface area contributed by atoms with E-state index in [0.717, 1.165) is 24.8 Å². The highest BCUT2D eigenvalue weighted by atomic mass is 16.5. The molecule has 1 fully saturated rings. The summed E-state index contributed by atoms with van der Waals surface area (Å²) in [5.41, 5.74) is 0.768. The summed E-state index contributed by atoms with van der Waals surface area (Å²) in [5, 5.41) is 0. The third kappa shape index (κ3) is 5.00. The Morgan fingerprint density at radius 2 is 1.85 bits per heavy atom. The maximum atomic E-state index is 12.6. The van der Waals surface area contributed by atoms with E-state index in [9.17, 15) is 9.59 Å². The lowest BCUT2D eigenvalue weighted by Gasteiger charge is -2.39. The van der Waals surface area contributed by atoms with Gasteiger partial charge >= 0.3 is 5.97 Å². The lowest BCUT2D eigenvalue weighted by Crippen LogP contribution is -2.49. The Hall–Kier alpha value is -2.50. The average Bonchev–Trinajstić information content (AvgIpc) is 2.64. The van der Waals surface area contributed by atoms with E-state index in [2.05, 4.69) is 18.6 Å². The van der Waals surface area contributed by atoms with Crippen LogP contribution in [-0.4, -0.2) is 49.7 Å². The molecule has 2 rings (SSSR count). The number of amides is 1. The zero-order valence-electron chi connectivity index (χ0n) is 15.9. The van der Waals surface area contributed by atoms with Gasteiger partial charge in [0.15, 0.2) is 18.1 Å². The molecule has 26 heavy (non-hydrogen) atoms. The van der Waals surface area contributed by atoms with Crippen molar-refractivity contribution in [1.82, 2.24) is 4.90 Å². The van der Waals surface area contributed by atoms with Crippen LogP contribution < -0.4 is 9.47 Å². The van der Waals surface area contributed by atoms with Crippen molar-refractivity contribution in [3.63, 3.8) is 0 Å². The first kappa shape index (κ1) is 19.8. The number of carbonyl (C=O) groups is 2. The van der Waals surface area contributed by atoms with Gasteiger partial charge in [0.1, 0.15) is 0 Å². The molecule has 0 N–H and O–H groups in total. The minimum atomic E-state index is -0.431. The highest BCUT2D eigenvalue weighted by molar-refractivity contribution is 5.87. The molecule has 0 saturated carbocycles. The molecule has 1 aromatic rings. The summed E-state index contributed by atoms with van der Waals surface area (Å²) in [6, 6.07) is 5.73. The van der Waals surface area contributed by atoms with Gasteiger partial charge in [0, 0.05) is 18.2 Å². The fourth-order valence-corrected chi connectivity index (χ4v) is 3.27. The molecule has 1 aromatic carbocycles. The van der Waals surface area contributed by atoms with Gasteiger partial charge in [-0.3, -0.25) is 4.79 Å². The van der Waals surface area contributed by atoms with Gasteiger partial charge in [0.05, 0.1) is 14.2 Å². The summed E-state index contributed by atoms with van der Waals surface area (Å²) in [4.78, 5) is 25.7. The number of ether oxygens (including phenoxy) is 3. The maximum Gasteiger partial charge on any atom is 0.330 e. The minimum absolute atomic E-state index is 0.0126. The van der Waals surface area contributed by atoms with Crippen LogP contribution in [0.2, 0.25) is 0 Å². The predicted octanol–water partition coefficient (Wildman–Crippen LogP) is 3.05. The third-order valence-electron chi connectivity index (χ3n) is 4.63. The molecule has 0 radical (unpaired) electrons. The third-order valence-corrected chi connectivity index (χ3v) is 4.63. The molecule has 0 aliphatic carbocycles. The molecule has 0 spiro atoms. The van der Waals surface area contributed by atoms with E-state index in [1.807, 2.05) is 4.90 Å². The Bertz CT molecular complexity index is 660. The predicted molar refractivity (Wildman–Crippen MR) is 99.2 cm³/mol. The molecule has 0 bridgehead atoms. The van der Waals surface area contributed by atoms with E-state index in [-0.39, 0.29) is 24.6 Å². The van der Waals surface area contributed by atoms with Crippen LogP contribution in [-0.2, 0) is 14.3 Å². The van der Waals surface area contributed by atoms with Gasteiger partial charge in [-0.25, -0.2) is 4.79 Å². The molecule has 1 amide bonds. The van der Waals surface area contributed by atoms with Crippen molar-refractivity contribution < 1.29 is 23.8 Å². The van der Waals surface area contributed by atoms with Gasteiger partial charge in [-0.2, -0.15) is 0 Å². The molecule has 0 unspecified atom stereocenters. The number of piperidine rings is 1. The van der Waals surface area contributed by atoms with Crippen LogP contribution >= 0.6 is 0 Å². The quantitative estimate of drug-likeness (QED) is 0.576. The normalized spacial score (nSPS) is 20.1. The second kappa shape index (κ2) is 9.27. The number of hydrogen-bond donors (Lipinski definition) is 0. The lowest BCUT2D eigenvalue weighted by atomic mass is 9.97. The topological polar surface area (TPSA) is 65.1 Å². The standard InChI is InChI=1S/C20H27NO5/c1-14-6-5-7-15(2)21(14)19(22)13-26-17-10-8-16(12-18(17)24-3)9-11-20(23)25-4/h8-12,14-15H,5-7,13H2,1-4H3/b11-9+/t14-,15-/m0/s1. The number of hydrogen-bond acceptors (Lipinski definition) is 5. The SMILES string of the molecule is COC(=O)/C=C/c1ccc(OCC(=O)N2[C@@H](C)CCC[C@@H]2C)c(OC)c1. The molecule has 1 heterocycles. The summed E-state index contributed by atoms with van der Waals surface area (Å²) >= 11 is 0. The van der Waals surface area contributed by atoms with Crippen LogP contribution in [0.1, 0.15) is 38.7 Å². The van der Waals surface area contributed by atoms with E-state index >= 15 is 0 Å². The summed E-state index contributed by atoms with van der Waals surface area (Å²) in [6.07, 6.45) is 6.17. The van der Waals surface area contributed by atoms with E-state index in [4.69, 9.17) is 9.47 Å². The van der Waals surface area contributed by atoms with Gasteiger partial charge in [0.25, 0.3) is 5.91 Å². The van der Waals surface area contributed by atoms with Crippen molar-refractivity contribution in [1.29, 1.82) is 0 Å². The lowest BCUT2D eigenvalue weighted by molar-refractivity contribution is -0.139. The fraction of sp³-hybridized carbons (Fsp3) is 0.500. The Morgan fingerprint density at radius 3 is 2.46 bits per heavy atom. The van der Waals surface area contributed by atoms with Crippen molar-refractivity contribution in [2.45, 2.75) is 45.2 Å². The van der Waals surface area contributed by atoms with Crippen molar-refractivity contribution in [3.8, 4) is 11.5 Å². The Labute approximate surface area is 154 Å². The first-order chi connectivity index (χ1) is 12.5. The molecule has 1 aliphatic heterocycles. The van der Waals surface area contributed by atoms with Gasteiger partial charge < -0.3 is 19.1 Å². The maximum absolute atomic E-state index is 12.6. The highest BCUT2D eigenvalue weighted by Gasteiger charge is 2.29. The van der Waals surface area contributed by atoms with E-state index in [1.54, 1.807) is 24.3 Å². The summed E-state index contributed by atoms with van der Waals surface area (Å²) in [5.74, 6) is 0.555. The first-order valence-electron chi connectivity index (χ1n) is 8.84. The number of nitrogens with zero attached hydrogens (tertiary/aromatic N) is 1.